The predicted octanol–water partition coefficient (Wildman–Crippen LogP) is 1.45. The van der Waals surface area contributed by atoms with Gasteiger partial charge in [-0.05, 0) is 25.0 Å². The van der Waals surface area contributed by atoms with Crippen molar-refractivity contribution >= 4 is 21.7 Å². The lowest BCUT2D eigenvalue weighted by Crippen LogP contribution is -2.38. The van der Waals surface area contributed by atoms with Gasteiger partial charge in [0.15, 0.2) is 0 Å². The van der Waals surface area contributed by atoms with Crippen LogP contribution in [-0.4, -0.2) is 41.0 Å². The van der Waals surface area contributed by atoms with Gasteiger partial charge in [0, 0.05) is 20.3 Å². The average Bonchev–Trinajstić information content (AvgIpc) is 2.42. The van der Waals surface area contributed by atoms with Crippen molar-refractivity contribution in [3.8, 4) is 0 Å². The number of sulfonamides is 1. The van der Waals surface area contributed by atoms with E-state index in [2.05, 4.69) is 15.4 Å². The first kappa shape index (κ1) is 18.2. The van der Waals surface area contributed by atoms with Crippen molar-refractivity contribution in [2.24, 2.45) is 0 Å². The molecule has 0 aromatic heterocycles. The van der Waals surface area contributed by atoms with Crippen molar-refractivity contribution in [2.75, 3.05) is 31.2 Å². The maximum atomic E-state index is 11.8. The van der Waals surface area contributed by atoms with E-state index in [1.165, 1.54) is 0 Å². The van der Waals surface area contributed by atoms with Gasteiger partial charge in [0.2, 0.25) is 10.0 Å². The van der Waals surface area contributed by atoms with E-state index in [0.717, 1.165) is 12.7 Å². The highest BCUT2D eigenvalue weighted by Crippen LogP contribution is 2.23. The summed E-state index contributed by atoms with van der Waals surface area (Å²) < 4.78 is 30.1. The molecule has 0 aliphatic heterocycles. The van der Waals surface area contributed by atoms with E-state index < -0.39 is 10.0 Å². The van der Waals surface area contributed by atoms with Crippen LogP contribution in [0, 0.1) is 0 Å². The summed E-state index contributed by atoms with van der Waals surface area (Å²) in [5, 5.41) is 5.49. The van der Waals surface area contributed by atoms with Crippen LogP contribution in [-0.2, 0) is 14.8 Å². The number of benzene rings is 1. The Labute approximate surface area is 131 Å². The van der Waals surface area contributed by atoms with Crippen LogP contribution in [0.4, 0.5) is 10.5 Å². The van der Waals surface area contributed by atoms with Crippen LogP contribution in [0.3, 0.4) is 0 Å². The van der Waals surface area contributed by atoms with Crippen molar-refractivity contribution in [1.29, 1.82) is 0 Å². The fourth-order valence-corrected chi connectivity index (χ4v) is 2.50. The normalized spacial score (nSPS) is 12.5. The Kier molecular flexibility index (Phi) is 7.13. The lowest BCUT2D eigenvalue weighted by Gasteiger charge is -2.18. The monoisotopic (exact) mass is 329 g/mol. The Balaban J connectivity index is 2.65. The molecule has 1 aromatic carbocycles. The number of amides is 2. The van der Waals surface area contributed by atoms with Crippen LogP contribution in [0.15, 0.2) is 24.3 Å². The summed E-state index contributed by atoms with van der Waals surface area (Å²) in [5.74, 6) is 0. The van der Waals surface area contributed by atoms with Crippen molar-refractivity contribution in [2.45, 2.75) is 19.4 Å². The molecule has 0 saturated heterocycles. The van der Waals surface area contributed by atoms with Crippen molar-refractivity contribution in [3.63, 3.8) is 0 Å². The summed E-state index contributed by atoms with van der Waals surface area (Å²) in [7, 11) is -1.77. The molecule has 0 bridgehead atoms. The number of nitrogens with one attached hydrogen (secondary N) is 3. The van der Waals surface area contributed by atoms with Gasteiger partial charge in [0.25, 0.3) is 0 Å². The third-order valence-electron chi connectivity index (χ3n) is 2.88. The van der Waals surface area contributed by atoms with Gasteiger partial charge in [-0.15, -0.1) is 0 Å². The van der Waals surface area contributed by atoms with Crippen LogP contribution in [0.1, 0.15) is 24.9 Å². The zero-order chi connectivity index (χ0) is 16.6. The summed E-state index contributed by atoms with van der Waals surface area (Å²) >= 11 is 0. The van der Waals surface area contributed by atoms with E-state index >= 15 is 0 Å². The lowest BCUT2D eigenvalue weighted by atomic mass is 10.1. The molecule has 0 aliphatic rings. The minimum Gasteiger partial charge on any atom is -0.385 e. The minimum atomic E-state index is -3.37. The first-order valence-corrected chi connectivity index (χ1v) is 8.82. The van der Waals surface area contributed by atoms with E-state index in [0.29, 0.717) is 24.4 Å². The molecule has 0 spiro atoms. The average molecular weight is 329 g/mol. The Bertz CT molecular complexity index is 590. The molecule has 2 amide bonds. The predicted molar refractivity (Wildman–Crippen MR) is 86.4 cm³/mol. The number of hydrogen-bond donors (Lipinski definition) is 3. The molecule has 0 heterocycles. The zero-order valence-electron chi connectivity index (χ0n) is 13.0. The summed E-state index contributed by atoms with van der Waals surface area (Å²) in [6, 6.07) is 6.30. The third-order valence-corrected chi connectivity index (χ3v) is 3.47. The van der Waals surface area contributed by atoms with Gasteiger partial charge >= 0.3 is 6.03 Å². The third kappa shape index (κ3) is 6.77. The fourth-order valence-electron chi connectivity index (χ4n) is 1.91. The number of ether oxygens (including phenoxy) is 1. The molecule has 0 unspecified atom stereocenters. The van der Waals surface area contributed by atoms with Gasteiger partial charge in [0.05, 0.1) is 18.0 Å². The van der Waals surface area contributed by atoms with E-state index in [9.17, 15) is 13.2 Å². The number of anilines is 1. The molecule has 1 atom stereocenters. The number of hydrogen-bond acceptors (Lipinski definition) is 4. The second-order valence-electron chi connectivity index (χ2n) is 4.93. The van der Waals surface area contributed by atoms with Gasteiger partial charge in [-0.25, -0.2) is 13.2 Å². The second-order valence-corrected chi connectivity index (χ2v) is 6.68. The number of rotatable bonds is 8. The Hall–Kier alpha value is -1.80. The summed E-state index contributed by atoms with van der Waals surface area (Å²) in [5.41, 5.74) is 1.15. The minimum absolute atomic E-state index is 0.308. The molecule has 0 saturated carbocycles. The number of urea groups is 1. The largest absolute Gasteiger partial charge is 0.385 e. The molecule has 22 heavy (non-hydrogen) atoms. The summed E-state index contributed by atoms with van der Waals surface area (Å²) in [6.45, 7) is 2.88. The van der Waals surface area contributed by atoms with Crippen LogP contribution in [0.2, 0.25) is 0 Å². The van der Waals surface area contributed by atoms with Crippen molar-refractivity contribution in [3.05, 3.63) is 29.8 Å². The molecular weight excluding hydrogens is 306 g/mol. The number of methoxy groups -OCH3 is 1. The highest BCUT2D eigenvalue weighted by Gasteiger charge is 2.14. The highest BCUT2D eigenvalue weighted by atomic mass is 32.2. The quantitative estimate of drug-likeness (QED) is 0.629. The second kappa shape index (κ2) is 8.60. The van der Waals surface area contributed by atoms with Gasteiger partial charge in [-0.1, -0.05) is 18.2 Å². The molecular formula is C14H23N3O4S. The summed E-state index contributed by atoms with van der Waals surface area (Å²) in [4.78, 5) is 11.8. The lowest BCUT2D eigenvalue weighted by molar-refractivity contribution is 0.193. The fraction of sp³-hybridized carbons (Fsp3) is 0.500. The topological polar surface area (TPSA) is 96.5 Å². The maximum absolute atomic E-state index is 11.8. The van der Waals surface area contributed by atoms with Crippen molar-refractivity contribution in [1.82, 2.24) is 10.6 Å². The van der Waals surface area contributed by atoms with E-state index in [4.69, 9.17) is 4.74 Å². The molecule has 0 fully saturated rings. The molecule has 3 N–H and O–H groups in total. The van der Waals surface area contributed by atoms with E-state index in [-0.39, 0.29) is 12.1 Å². The van der Waals surface area contributed by atoms with E-state index in [1.54, 1.807) is 38.3 Å². The number of carbonyl (C=O) groups is 1. The molecule has 1 aromatic rings. The van der Waals surface area contributed by atoms with Crippen LogP contribution in [0.25, 0.3) is 0 Å². The van der Waals surface area contributed by atoms with Gasteiger partial charge in [-0.3, -0.25) is 4.72 Å². The van der Waals surface area contributed by atoms with Crippen LogP contribution < -0.4 is 15.4 Å². The Morgan fingerprint density at radius 3 is 2.64 bits per heavy atom. The first-order valence-electron chi connectivity index (χ1n) is 6.93. The van der Waals surface area contributed by atoms with Gasteiger partial charge in [-0.2, -0.15) is 0 Å². The van der Waals surface area contributed by atoms with Crippen LogP contribution in [0.5, 0.6) is 0 Å². The molecule has 0 aliphatic carbocycles. The first-order chi connectivity index (χ1) is 10.3. The molecule has 1 rings (SSSR count). The van der Waals surface area contributed by atoms with E-state index in [1.807, 2.05) is 0 Å². The molecule has 0 radical (unpaired) electrons. The Morgan fingerprint density at radius 2 is 2.00 bits per heavy atom. The number of para-hydroxylation sites is 1. The number of carbonyl (C=O) groups excluding carboxylic acids is 1. The van der Waals surface area contributed by atoms with Crippen LogP contribution >= 0.6 is 0 Å². The Morgan fingerprint density at radius 1 is 1.32 bits per heavy atom. The smallest absolute Gasteiger partial charge is 0.315 e. The maximum Gasteiger partial charge on any atom is 0.315 e. The zero-order valence-corrected chi connectivity index (χ0v) is 13.9. The molecule has 8 heteroatoms. The molecule has 124 valence electrons. The summed E-state index contributed by atoms with van der Waals surface area (Å²) in [6.07, 6.45) is 1.81. The standard InChI is InChI=1S/C14H23N3O4S/c1-11(16-14(18)15-9-6-10-21-2)12-7-4-5-8-13(12)17-22(3,19)20/h4-5,7-8,11,17H,6,9-10H2,1-3H3,(H2,15,16,18)/t11-/m0/s1. The van der Waals surface area contributed by atoms with Crippen molar-refractivity contribution < 1.29 is 17.9 Å². The molecule has 7 nitrogen and oxygen atoms in total. The highest BCUT2D eigenvalue weighted by molar-refractivity contribution is 7.92. The van der Waals surface area contributed by atoms with Gasteiger partial charge < -0.3 is 15.4 Å². The van der Waals surface area contributed by atoms with Gasteiger partial charge in [0.1, 0.15) is 0 Å². The SMILES string of the molecule is COCCCNC(=O)N[C@@H](C)c1ccccc1NS(C)(=O)=O.